The summed E-state index contributed by atoms with van der Waals surface area (Å²) < 4.78 is 53.1. The highest BCUT2D eigenvalue weighted by Crippen LogP contribution is 2.15. The van der Waals surface area contributed by atoms with Crippen LogP contribution in [-0.2, 0) is 20.6 Å². The monoisotopic (exact) mass is 342 g/mol. The van der Waals surface area contributed by atoms with E-state index in [9.17, 15) is 16.8 Å². The van der Waals surface area contributed by atoms with Gasteiger partial charge in [0.15, 0.2) is 0 Å². The molecular formula is C13H14N2O5S2. The van der Waals surface area contributed by atoms with Gasteiger partial charge >= 0.3 is 10.5 Å². The second-order valence-electron chi connectivity index (χ2n) is 4.13. The van der Waals surface area contributed by atoms with Crippen LogP contribution in [0, 0.1) is 6.92 Å². The first-order chi connectivity index (χ1) is 10.2. The molecule has 0 atom stereocenters. The fraction of sp³-hybridized carbons (Fsp3) is 0.0769. The van der Waals surface area contributed by atoms with Gasteiger partial charge in [-0.3, -0.25) is 4.55 Å². The fourth-order valence-electron chi connectivity index (χ4n) is 1.35. The Labute approximate surface area is 129 Å². The highest BCUT2D eigenvalue weighted by atomic mass is 32.2. The van der Waals surface area contributed by atoms with E-state index in [2.05, 4.69) is 4.36 Å². The highest BCUT2D eigenvalue weighted by Gasteiger charge is 2.07. The molecule has 2 aromatic rings. The highest BCUT2D eigenvalue weighted by molar-refractivity contribution is 7.85. The number of nitrogens with zero attached hydrogens (tertiary/aromatic N) is 1. The van der Waals surface area contributed by atoms with Gasteiger partial charge in [0.1, 0.15) is 0 Å². The van der Waals surface area contributed by atoms with Crippen molar-refractivity contribution < 1.29 is 21.4 Å². The van der Waals surface area contributed by atoms with Gasteiger partial charge in [-0.2, -0.15) is 16.8 Å². The van der Waals surface area contributed by atoms with Gasteiger partial charge in [0.05, 0.1) is 10.6 Å². The molecule has 0 unspecified atom stereocenters. The van der Waals surface area contributed by atoms with E-state index in [4.69, 9.17) is 10.3 Å². The molecule has 0 bridgehead atoms. The summed E-state index contributed by atoms with van der Waals surface area (Å²) in [6.45, 7) is 2.00. The fourth-order valence-corrected chi connectivity index (χ4v) is 2.13. The molecule has 0 fully saturated rings. The van der Waals surface area contributed by atoms with E-state index >= 15 is 0 Å². The standard InChI is InChI=1S/C7H9N.C6H5NO5S2/c1-6-4-2-3-5-7(6)8;8-13(9)7-5-1-3-6(4-2-5)14(10,11)12/h2-5H,8H2,1H3;1-4H,(H,10,11,12). The lowest BCUT2D eigenvalue weighted by Gasteiger charge is -1.95. The Kier molecular flexibility index (Phi) is 6.23. The average Bonchev–Trinajstić information content (AvgIpc) is 2.42. The number of rotatable bonds is 2. The Bertz CT molecular complexity index is 844. The van der Waals surface area contributed by atoms with Crippen molar-refractivity contribution in [2.24, 2.45) is 4.36 Å². The molecule has 0 aliphatic carbocycles. The number of para-hydroxylation sites is 1. The van der Waals surface area contributed by atoms with Crippen molar-refractivity contribution in [2.75, 3.05) is 5.73 Å². The zero-order valence-corrected chi connectivity index (χ0v) is 13.2. The normalized spacial score (nSPS) is 10.3. The predicted molar refractivity (Wildman–Crippen MR) is 82.9 cm³/mol. The average molecular weight is 342 g/mol. The minimum atomic E-state index is -4.24. The van der Waals surface area contributed by atoms with Crippen molar-refractivity contribution in [3.8, 4) is 0 Å². The van der Waals surface area contributed by atoms with Crippen LogP contribution in [0.15, 0.2) is 57.8 Å². The second kappa shape index (κ2) is 7.69. The van der Waals surface area contributed by atoms with Crippen LogP contribution in [0.1, 0.15) is 5.56 Å². The Morgan fingerprint density at radius 1 is 1.05 bits per heavy atom. The van der Waals surface area contributed by atoms with Crippen molar-refractivity contribution in [3.05, 3.63) is 54.1 Å². The smallest absolute Gasteiger partial charge is 0.316 e. The summed E-state index contributed by atoms with van der Waals surface area (Å²) in [5, 5.41) is 0. The molecule has 2 rings (SSSR count). The summed E-state index contributed by atoms with van der Waals surface area (Å²) >= 11 is 0. The topological polar surface area (TPSA) is 127 Å². The molecule has 0 saturated heterocycles. The van der Waals surface area contributed by atoms with E-state index < -0.39 is 20.6 Å². The van der Waals surface area contributed by atoms with Crippen LogP contribution in [-0.4, -0.2) is 21.4 Å². The summed E-state index contributed by atoms with van der Waals surface area (Å²) in [6, 6.07) is 12.2. The summed E-state index contributed by atoms with van der Waals surface area (Å²) in [7, 11) is -6.82. The second-order valence-corrected chi connectivity index (χ2v) is 6.17. The van der Waals surface area contributed by atoms with Gasteiger partial charge in [0, 0.05) is 5.69 Å². The van der Waals surface area contributed by atoms with E-state index in [1.54, 1.807) is 0 Å². The number of hydrogen-bond acceptors (Lipinski definition) is 6. The van der Waals surface area contributed by atoms with Crippen LogP contribution in [0.25, 0.3) is 0 Å². The lowest BCUT2D eigenvalue weighted by Crippen LogP contribution is -1.96. The molecule has 9 heteroatoms. The largest absolute Gasteiger partial charge is 0.399 e. The van der Waals surface area contributed by atoms with E-state index in [1.807, 2.05) is 31.2 Å². The van der Waals surface area contributed by atoms with Gasteiger partial charge in [-0.1, -0.05) is 18.2 Å². The summed E-state index contributed by atoms with van der Waals surface area (Å²) in [5.41, 5.74) is 7.62. The summed E-state index contributed by atoms with van der Waals surface area (Å²) in [5.74, 6) is 0. The molecule has 0 aliphatic heterocycles. The Morgan fingerprint density at radius 3 is 1.95 bits per heavy atom. The molecule has 118 valence electrons. The van der Waals surface area contributed by atoms with Crippen LogP contribution >= 0.6 is 0 Å². The van der Waals surface area contributed by atoms with Crippen LogP contribution in [0.2, 0.25) is 0 Å². The third-order valence-electron chi connectivity index (χ3n) is 2.50. The number of nitrogens with two attached hydrogens (primary N) is 1. The summed E-state index contributed by atoms with van der Waals surface area (Å²) in [4.78, 5) is -0.312. The molecule has 22 heavy (non-hydrogen) atoms. The minimum absolute atomic E-state index is 0.0886. The molecule has 0 aromatic heterocycles. The van der Waals surface area contributed by atoms with Gasteiger partial charge in [0.2, 0.25) is 0 Å². The Balaban J connectivity index is 0.000000255. The van der Waals surface area contributed by atoms with E-state index in [1.165, 1.54) is 12.1 Å². The minimum Gasteiger partial charge on any atom is -0.399 e. The quantitative estimate of drug-likeness (QED) is 0.636. The van der Waals surface area contributed by atoms with Crippen molar-refractivity contribution >= 4 is 32.0 Å². The van der Waals surface area contributed by atoms with Crippen molar-refractivity contribution in [1.29, 1.82) is 0 Å². The lowest BCUT2D eigenvalue weighted by molar-refractivity contribution is 0.483. The van der Waals surface area contributed by atoms with E-state index in [0.29, 0.717) is 0 Å². The molecule has 0 heterocycles. The van der Waals surface area contributed by atoms with Gasteiger partial charge < -0.3 is 5.73 Å². The number of hydrogen-bond donors (Lipinski definition) is 2. The summed E-state index contributed by atoms with van der Waals surface area (Å²) in [6.07, 6.45) is 0. The Hall–Kier alpha value is -2.23. The third kappa shape index (κ3) is 6.04. The van der Waals surface area contributed by atoms with Crippen LogP contribution in [0.4, 0.5) is 11.4 Å². The van der Waals surface area contributed by atoms with Gasteiger partial charge in [-0.05, 0) is 42.8 Å². The van der Waals surface area contributed by atoms with Crippen molar-refractivity contribution in [2.45, 2.75) is 11.8 Å². The molecular weight excluding hydrogens is 328 g/mol. The molecule has 0 radical (unpaired) electrons. The molecule has 0 saturated carbocycles. The Morgan fingerprint density at radius 2 is 1.59 bits per heavy atom. The van der Waals surface area contributed by atoms with Gasteiger partial charge in [0.25, 0.3) is 10.1 Å². The molecule has 7 nitrogen and oxygen atoms in total. The molecule has 3 N–H and O–H groups in total. The lowest BCUT2D eigenvalue weighted by atomic mass is 10.2. The number of nitrogen functional groups attached to an aromatic ring is 1. The van der Waals surface area contributed by atoms with E-state index in [-0.39, 0.29) is 10.6 Å². The number of aryl methyl sites for hydroxylation is 1. The van der Waals surface area contributed by atoms with Crippen LogP contribution in [0.5, 0.6) is 0 Å². The molecule has 0 aliphatic rings. The maximum absolute atomic E-state index is 10.6. The first kappa shape index (κ1) is 17.8. The van der Waals surface area contributed by atoms with Gasteiger partial charge in [-0.15, -0.1) is 4.36 Å². The maximum Gasteiger partial charge on any atom is 0.316 e. The van der Waals surface area contributed by atoms with Crippen LogP contribution < -0.4 is 5.73 Å². The van der Waals surface area contributed by atoms with Gasteiger partial charge in [-0.25, -0.2) is 0 Å². The molecule has 0 amide bonds. The number of anilines is 1. The first-order valence-electron chi connectivity index (χ1n) is 5.90. The SMILES string of the molecule is Cc1ccccc1N.O=S(=O)=Nc1ccc(S(=O)(=O)O)cc1. The van der Waals surface area contributed by atoms with E-state index in [0.717, 1.165) is 23.4 Å². The van der Waals surface area contributed by atoms with Crippen LogP contribution in [0.3, 0.4) is 0 Å². The molecule has 0 spiro atoms. The first-order valence-corrected chi connectivity index (χ1v) is 8.37. The third-order valence-corrected chi connectivity index (χ3v) is 3.73. The zero-order valence-electron chi connectivity index (χ0n) is 11.5. The van der Waals surface area contributed by atoms with Crippen molar-refractivity contribution in [1.82, 2.24) is 0 Å². The number of benzene rings is 2. The zero-order chi connectivity index (χ0) is 16.8. The molecule has 2 aromatic carbocycles. The van der Waals surface area contributed by atoms with Crippen molar-refractivity contribution in [3.63, 3.8) is 0 Å². The maximum atomic E-state index is 10.6. The predicted octanol–water partition coefficient (Wildman–Crippen LogP) is 2.20.